The highest BCUT2D eigenvalue weighted by Gasteiger charge is 2.41. The Bertz CT molecular complexity index is 941. The number of hydrogen-bond acceptors (Lipinski definition) is 8. The second-order valence-electron chi connectivity index (χ2n) is 6.90. The zero-order chi connectivity index (χ0) is 22.4. The van der Waals surface area contributed by atoms with Crippen molar-refractivity contribution in [1.29, 1.82) is 0 Å². The number of allylic oxidation sites excluding steroid dienone is 1. The molecule has 0 bridgehead atoms. The standard InChI is InChI=1S/C22H27N3O5S/c1-5-17-19(21(27)30-4)20(14-7-6-8-16(11-14)29-3)25-15(13-31-22(25)24-17)12-18(26)23-9-10-28-2/h6-8,11,13,20H,5,9-10,12H2,1-4H3,(H,23,26). The Balaban J connectivity index is 2.01. The number of hydrogen-bond donors (Lipinski definition) is 1. The van der Waals surface area contributed by atoms with E-state index in [0.717, 1.165) is 16.4 Å². The molecule has 0 saturated carbocycles. The highest BCUT2D eigenvalue weighted by Crippen LogP contribution is 2.45. The Labute approximate surface area is 186 Å². The number of nitrogens with one attached hydrogen (secondary N) is 1. The largest absolute Gasteiger partial charge is 0.497 e. The molecule has 0 fully saturated rings. The molecule has 1 atom stereocenters. The Morgan fingerprint density at radius 3 is 2.74 bits per heavy atom. The average Bonchev–Trinajstić information content (AvgIpc) is 3.19. The highest BCUT2D eigenvalue weighted by atomic mass is 32.2. The molecule has 1 aromatic carbocycles. The highest BCUT2D eigenvalue weighted by molar-refractivity contribution is 8.16. The van der Waals surface area contributed by atoms with Crippen LogP contribution < -0.4 is 10.1 Å². The number of thioether (sulfide) groups is 1. The van der Waals surface area contributed by atoms with Gasteiger partial charge in [-0.25, -0.2) is 9.79 Å². The molecule has 2 aliphatic heterocycles. The summed E-state index contributed by atoms with van der Waals surface area (Å²) in [6.07, 6.45) is 0.738. The van der Waals surface area contributed by atoms with Gasteiger partial charge < -0.3 is 24.4 Å². The van der Waals surface area contributed by atoms with Crippen LogP contribution in [0.1, 0.15) is 31.4 Å². The molecule has 1 unspecified atom stereocenters. The number of carbonyl (C=O) groups excluding carboxylic acids is 2. The number of esters is 1. The van der Waals surface area contributed by atoms with Gasteiger partial charge in [-0.1, -0.05) is 30.8 Å². The molecule has 1 aromatic rings. The van der Waals surface area contributed by atoms with Crippen molar-refractivity contribution in [3.8, 4) is 5.75 Å². The van der Waals surface area contributed by atoms with Crippen molar-refractivity contribution >= 4 is 28.8 Å². The van der Waals surface area contributed by atoms with Crippen molar-refractivity contribution < 1.29 is 23.8 Å². The number of carbonyl (C=O) groups is 2. The smallest absolute Gasteiger partial charge is 0.338 e. The van der Waals surface area contributed by atoms with E-state index < -0.39 is 12.0 Å². The van der Waals surface area contributed by atoms with Gasteiger partial charge in [-0.05, 0) is 29.5 Å². The minimum Gasteiger partial charge on any atom is -0.497 e. The van der Waals surface area contributed by atoms with E-state index in [1.54, 1.807) is 14.2 Å². The predicted octanol–water partition coefficient (Wildman–Crippen LogP) is 2.99. The van der Waals surface area contributed by atoms with Crippen molar-refractivity contribution in [2.24, 2.45) is 4.99 Å². The molecular formula is C22H27N3O5S. The normalized spacial score (nSPS) is 17.7. The SMILES string of the molecule is CCC1=C(C(=O)OC)C(c2cccc(OC)c2)N2C(CC(=O)NCCOC)=CSC2=N1. The summed E-state index contributed by atoms with van der Waals surface area (Å²) in [4.78, 5) is 32.0. The van der Waals surface area contributed by atoms with Crippen molar-refractivity contribution in [2.45, 2.75) is 25.8 Å². The number of aliphatic imine (C=N–C) groups is 1. The summed E-state index contributed by atoms with van der Waals surface area (Å²) in [5.74, 6) is 0.117. The van der Waals surface area contributed by atoms with Crippen LogP contribution in [0.5, 0.6) is 5.75 Å². The summed E-state index contributed by atoms with van der Waals surface area (Å²) >= 11 is 1.45. The van der Waals surface area contributed by atoms with Gasteiger partial charge in [0.25, 0.3) is 0 Å². The topological polar surface area (TPSA) is 89.5 Å². The molecule has 2 heterocycles. The molecule has 8 nitrogen and oxygen atoms in total. The fourth-order valence-corrected chi connectivity index (χ4v) is 4.50. The third kappa shape index (κ3) is 4.94. The van der Waals surface area contributed by atoms with E-state index in [4.69, 9.17) is 19.2 Å². The van der Waals surface area contributed by atoms with Crippen molar-refractivity contribution in [3.63, 3.8) is 0 Å². The summed E-state index contributed by atoms with van der Waals surface area (Å²) in [7, 11) is 4.55. The van der Waals surface area contributed by atoms with Gasteiger partial charge in [-0.2, -0.15) is 0 Å². The zero-order valence-corrected chi connectivity index (χ0v) is 19.0. The molecule has 3 rings (SSSR count). The van der Waals surface area contributed by atoms with E-state index in [9.17, 15) is 9.59 Å². The lowest BCUT2D eigenvalue weighted by Gasteiger charge is -2.36. The summed E-state index contributed by atoms with van der Waals surface area (Å²) in [5, 5.41) is 5.49. The van der Waals surface area contributed by atoms with Crippen LogP contribution in [-0.4, -0.2) is 56.4 Å². The van der Waals surface area contributed by atoms with Crippen molar-refractivity contribution in [3.05, 3.63) is 52.2 Å². The lowest BCUT2D eigenvalue weighted by molar-refractivity contribution is -0.136. The molecule has 2 aliphatic rings. The maximum absolute atomic E-state index is 12.8. The summed E-state index contributed by atoms with van der Waals surface area (Å²) in [6.45, 7) is 2.83. The third-order valence-corrected chi connectivity index (χ3v) is 5.90. The molecule has 0 aromatic heterocycles. The molecule has 166 valence electrons. The van der Waals surface area contributed by atoms with Crippen LogP contribution in [0.3, 0.4) is 0 Å². The Morgan fingerprint density at radius 2 is 2.06 bits per heavy atom. The van der Waals surface area contributed by atoms with E-state index >= 15 is 0 Å². The van der Waals surface area contributed by atoms with Crippen LogP contribution in [0.25, 0.3) is 0 Å². The molecule has 9 heteroatoms. The van der Waals surface area contributed by atoms with Gasteiger partial charge in [-0.15, -0.1) is 0 Å². The summed E-state index contributed by atoms with van der Waals surface area (Å²) < 4.78 is 15.5. The lowest BCUT2D eigenvalue weighted by atomic mass is 9.92. The fourth-order valence-electron chi connectivity index (χ4n) is 3.56. The maximum Gasteiger partial charge on any atom is 0.338 e. The van der Waals surface area contributed by atoms with E-state index in [-0.39, 0.29) is 12.3 Å². The van der Waals surface area contributed by atoms with Gasteiger partial charge in [0.05, 0.1) is 44.6 Å². The minimum absolute atomic E-state index is 0.126. The second-order valence-corrected chi connectivity index (χ2v) is 7.73. The average molecular weight is 446 g/mol. The summed E-state index contributed by atoms with van der Waals surface area (Å²) in [5.41, 5.74) is 2.77. The number of benzene rings is 1. The number of fused-ring (bicyclic) bond motifs is 1. The lowest BCUT2D eigenvalue weighted by Crippen LogP contribution is -2.38. The van der Waals surface area contributed by atoms with Crippen molar-refractivity contribution in [2.75, 3.05) is 34.5 Å². The maximum atomic E-state index is 12.8. The first-order valence-electron chi connectivity index (χ1n) is 9.98. The monoisotopic (exact) mass is 445 g/mol. The van der Waals surface area contributed by atoms with E-state index in [0.29, 0.717) is 36.6 Å². The fraction of sp³-hybridized carbons (Fsp3) is 0.409. The molecule has 0 radical (unpaired) electrons. The van der Waals surface area contributed by atoms with E-state index in [1.807, 2.05) is 41.5 Å². The van der Waals surface area contributed by atoms with Gasteiger partial charge in [0, 0.05) is 19.4 Å². The first kappa shape index (κ1) is 22.9. The van der Waals surface area contributed by atoms with Crippen LogP contribution in [0.15, 0.2) is 51.6 Å². The number of methoxy groups -OCH3 is 3. The first-order chi connectivity index (χ1) is 15.0. The van der Waals surface area contributed by atoms with Crippen LogP contribution in [0.4, 0.5) is 0 Å². The van der Waals surface area contributed by atoms with Crippen LogP contribution >= 0.6 is 11.8 Å². The van der Waals surface area contributed by atoms with Crippen LogP contribution in [0, 0.1) is 0 Å². The molecule has 1 amide bonds. The van der Waals surface area contributed by atoms with Gasteiger partial charge in [-0.3, -0.25) is 4.79 Å². The molecule has 0 saturated heterocycles. The van der Waals surface area contributed by atoms with Gasteiger partial charge in [0.2, 0.25) is 5.91 Å². The van der Waals surface area contributed by atoms with Crippen LogP contribution in [-0.2, 0) is 19.1 Å². The Hall–Kier alpha value is -2.78. The van der Waals surface area contributed by atoms with Gasteiger partial charge in [0.15, 0.2) is 5.17 Å². The van der Waals surface area contributed by atoms with E-state index in [2.05, 4.69) is 5.32 Å². The molecule has 0 spiro atoms. The molecular weight excluding hydrogens is 418 g/mol. The number of amides is 1. The van der Waals surface area contributed by atoms with Crippen molar-refractivity contribution in [1.82, 2.24) is 10.2 Å². The Morgan fingerprint density at radius 1 is 1.26 bits per heavy atom. The molecule has 1 N–H and O–H groups in total. The van der Waals surface area contributed by atoms with Crippen LogP contribution in [0.2, 0.25) is 0 Å². The minimum atomic E-state index is -0.474. The summed E-state index contributed by atoms with van der Waals surface area (Å²) in [6, 6.07) is 7.08. The predicted molar refractivity (Wildman–Crippen MR) is 120 cm³/mol. The van der Waals surface area contributed by atoms with Gasteiger partial charge in [0.1, 0.15) is 5.75 Å². The Kier molecular flexibility index (Phi) is 7.75. The number of rotatable bonds is 9. The number of ether oxygens (including phenoxy) is 3. The second kappa shape index (κ2) is 10.5. The van der Waals surface area contributed by atoms with E-state index in [1.165, 1.54) is 18.9 Å². The third-order valence-electron chi connectivity index (χ3n) is 5.01. The van der Waals surface area contributed by atoms with Gasteiger partial charge >= 0.3 is 5.97 Å². The first-order valence-corrected chi connectivity index (χ1v) is 10.9. The number of amidine groups is 1. The number of nitrogens with zero attached hydrogens (tertiary/aromatic N) is 2. The zero-order valence-electron chi connectivity index (χ0n) is 18.1. The molecule has 31 heavy (non-hydrogen) atoms. The molecule has 0 aliphatic carbocycles. The quantitative estimate of drug-likeness (QED) is 0.462.